The van der Waals surface area contributed by atoms with E-state index in [1.807, 2.05) is 31.2 Å². The SMILES string of the molecule is Cc1cc(Cl)c(NC2CC(c3ccc(Cl)cc3)C2)cc1Cl. The Balaban J connectivity index is 1.62. The third-order valence-electron chi connectivity index (χ3n) is 4.09. The van der Waals surface area contributed by atoms with Crippen molar-refractivity contribution in [3.63, 3.8) is 0 Å². The Labute approximate surface area is 140 Å². The van der Waals surface area contributed by atoms with Gasteiger partial charge in [-0.1, -0.05) is 46.9 Å². The van der Waals surface area contributed by atoms with Crippen molar-refractivity contribution in [2.24, 2.45) is 0 Å². The number of halogens is 3. The highest BCUT2D eigenvalue weighted by Crippen LogP contribution is 2.40. The molecule has 3 rings (SSSR count). The fourth-order valence-corrected chi connectivity index (χ4v) is 3.28. The average Bonchev–Trinajstić information content (AvgIpc) is 2.40. The van der Waals surface area contributed by atoms with Crippen LogP contribution < -0.4 is 5.32 Å². The van der Waals surface area contributed by atoms with E-state index in [2.05, 4.69) is 17.4 Å². The third kappa shape index (κ3) is 3.31. The second-order valence-corrected chi connectivity index (χ2v) is 6.89. The lowest BCUT2D eigenvalue weighted by Gasteiger charge is -2.37. The third-order valence-corrected chi connectivity index (χ3v) is 5.06. The number of anilines is 1. The number of hydrogen-bond donors (Lipinski definition) is 1. The molecule has 0 aliphatic heterocycles. The van der Waals surface area contributed by atoms with Gasteiger partial charge in [-0.15, -0.1) is 0 Å². The van der Waals surface area contributed by atoms with Crippen LogP contribution >= 0.6 is 34.8 Å². The maximum Gasteiger partial charge on any atom is 0.0641 e. The first-order valence-corrected chi connectivity index (χ1v) is 8.14. The van der Waals surface area contributed by atoms with Crippen molar-refractivity contribution in [2.45, 2.75) is 31.7 Å². The summed E-state index contributed by atoms with van der Waals surface area (Å²) in [4.78, 5) is 0. The Kier molecular flexibility index (Phi) is 4.35. The molecule has 21 heavy (non-hydrogen) atoms. The maximum absolute atomic E-state index is 6.26. The van der Waals surface area contributed by atoms with Gasteiger partial charge < -0.3 is 5.32 Å². The van der Waals surface area contributed by atoms with Crippen molar-refractivity contribution in [3.8, 4) is 0 Å². The van der Waals surface area contributed by atoms with Gasteiger partial charge in [0.05, 0.1) is 10.7 Å². The number of aryl methyl sites for hydroxylation is 1. The zero-order chi connectivity index (χ0) is 15.0. The van der Waals surface area contributed by atoms with Gasteiger partial charge in [-0.2, -0.15) is 0 Å². The molecule has 2 aromatic carbocycles. The molecule has 0 spiro atoms. The van der Waals surface area contributed by atoms with Crippen LogP contribution in [0.5, 0.6) is 0 Å². The molecule has 1 nitrogen and oxygen atoms in total. The highest BCUT2D eigenvalue weighted by atomic mass is 35.5. The lowest BCUT2D eigenvalue weighted by Crippen LogP contribution is -2.34. The molecular weight excluding hydrogens is 325 g/mol. The average molecular weight is 341 g/mol. The summed E-state index contributed by atoms with van der Waals surface area (Å²) < 4.78 is 0. The molecule has 1 aliphatic carbocycles. The first-order valence-electron chi connectivity index (χ1n) is 7.00. The molecule has 0 amide bonds. The standard InChI is InChI=1S/C17H16Cl3N/c1-10-6-16(20)17(9-15(10)19)21-14-7-12(8-14)11-2-4-13(18)5-3-11/h2-6,9,12,14,21H,7-8H2,1H3. The Morgan fingerprint density at radius 3 is 2.29 bits per heavy atom. The van der Waals surface area contributed by atoms with Crippen molar-refractivity contribution in [1.29, 1.82) is 0 Å². The fourth-order valence-electron chi connectivity index (χ4n) is 2.72. The summed E-state index contributed by atoms with van der Waals surface area (Å²) in [6.45, 7) is 1.96. The van der Waals surface area contributed by atoms with Crippen LogP contribution in [0.4, 0.5) is 5.69 Å². The quantitative estimate of drug-likeness (QED) is 0.690. The predicted octanol–water partition coefficient (Wildman–Crippen LogP) is 6.31. The second-order valence-electron chi connectivity index (χ2n) is 5.64. The van der Waals surface area contributed by atoms with Crippen LogP contribution in [0.1, 0.15) is 29.9 Å². The van der Waals surface area contributed by atoms with E-state index in [1.54, 1.807) is 0 Å². The largest absolute Gasteiger partial charge is 0.381 e. The molecular formula is C17H16Cl3N. The number of hydrogen-bond acceptors (Lipinski definition) is 1. The predicted molar refractivity (Wildman–Crippen MR) is 92.0 cm³/mol. The summed E-state index contributed by atoms with van der Waals surface area (Å²) in [5, 5.41) is 5.74. The van der Waals surface area contributed by atoms with Crippen molar-refractivity contribution in [1.82, 2.24) is 0 Å². The first-order chi connectivity index (χ1) is 10.0. The van der Waals surface area contributed by atoms with E-state index >= 15 is 0 Å². The Hall–Kier alpha value is -0.890. The van der Waals surface area contributed by atoms with Gasteiger partial charge in [0.15, 0.2) is 0 Å². The van der Waals surface area contributed by atoms with Crippen molar-refractivity contribution in [2.75, 3.05) is 5.32 Å². The zero-order valence-corrected chi connectivity index (χ0v) is 13.9. The molecule has 0 unspecified atom stereocenters. The lowest BCUT2D eigenvalue weighted by atomic mass is 9.76. The molecule has 110 valence electrons. The fraction of sp³-hybridized carbons (Fsp3) is 0.294. The van der Waals surface area contributed by atoms with Crippen molar-refractivity contribution >= 4 is 40.5 Å². The van der Waals surface area contributed by atoms with E-state index in [9.17, 15) is 0 Å². The van der Waals surface area contributed by atoms with Crippen LogP contribution in [0.3, 0.4) is 0 Å². The van der Waals surface area contributed by atoms with E-state index in [-0.39, 0.29) is 0 Å². The van der Waals surface area contributed by atoms with E-state index in [4.69, 9.17) is 34.8 Å². The van der Waals surface area contributed by atoms with Gasteiger partial charge in [-0.05, 0) is 61.1 Å². The highest BCUT2D eigenvalue weighted by Gasteiger charge is 2.30. The topological polar surface area (TPSA) is 12.0 Å². The normalized spacial score (nSPS) is 21.0. The van der Waals surface area contributed by atoms with Gasteiger partial charge in [-0.3, -0.25) is 0 Å². The van der Waals surface area contributed by atoms with Gasteiger partial charge in [0.2, 0.25) is 0 Å². The molecule has 1 fully saturated rings. The van der Waals surface area contributed by atoms with Crippen molar-refractivity contribution < 1.29 is 0 Å². The van der Waals surface area contributed by atoms with Gasteiger partial charge in [0.1, 0.15) is 0 Å². The van der Waals surface area contributed by atoms with Crippen molar-refractivity contribution in [3.05, 3.63) is 62.6 Å². The Morgan fingerprint density at radius 1 is 0.952 bits per heavy atom. The van der Waals surface area contributed by atoms with E-state index in [1.165, 1.54) is 5.56 Å². The summed E-state index contributed by atoms with van der Waals surface area (Å²) in [7, 11) is 0. The molecule has 4 heteroatoms. The molecule has 0 saturated heterocycles. The Morgan fingerprint density at radius 2 is 1.62 bits per heavy atom. The molecule has 0 aromatic heterocycles. The minimum atomic E-state index is 0.446. The lowest BCUT2D eigenvalue weighted by molar-refractivity contribution is 0.374. The number of benzene rings is 2. The first kappa shape index (κ1) is 15.0. The van der Waals surface area contributed by atoms with Crippen LogP contribution in [0.25, 0.3) is 0 Å². The van der Waals surface area contributed by atoms with E-state index in [0.717, 1.165) is 39.2 Å². The van der Waals surface area contributed by atoms with Crippen LogP contribution in [-0.4, -0.2) is 6.04 Å². The van der Waals surface area contributed by atoms with Gasteiger partial charge in [-0.25, -0.2) is 0 Å². The molecule has 1 aliphatic rings. The van der Waals surface area contributed by atoms with E-state index < -0.39 is 0 Å². The van der Waals surface area contributed by atoms with Gasteiger partial charge >= 0.3 is 0 Å². The minimum absolute atomic E-state index is 0.446. The maximum atomic E-state index is 6.26. The van der Waals surface area contributed by atoms with Crippen LogP contribution in [0.2, 0.25) is 15.1 Å². The summed E-state index contributed by atoms with van der Waals surface area (Å²) in [6, 6.07) is 12.4. The summed E-state index contributed by atoms with van der Waals surface area (Å²) in [5.74, 6) is 0.597. The molecule has 0 heterocycles. The second kappa shape index (κ2) is 6.08. The molecule has 1 N–H and O–H groups in total. The zero-order valence-electron chi connectivity index (χ0n) is 11.7. The number of nitrogens with one attached hydrogen (secondary N) is 1. The van der Waals surface area contributed by atoms with Gasteiger partial charge in [0, 0.05) is 16.1 Å². The van der Waals surface area contributed by atoms with Crippen LogP contribution in [0.15, 0.2) is 36.4 Å². The molecule has 1 saturated carbocycles. The highest BCUT2D eigenvalue weighted by molar-refractivity contribution is 6.35. The molecule has 2 aromatic rings. The smallest absolute Gasteiger partial charge is 0.0641 e. The summed E-state index contributed by atoms with van der Waals surface area (Å²) in [5.41, 5.74) is 3.28. The van der Waals surface area contributed by atoms with E-state index in [0.29, 0.717) is 12.0 Å². The minimum Gasteiger partial charge on any atom is -0.381 e. The Bertz CT molecular complexity index is 646. The molecule has 0 radical (unpaired) electrons. The van der Waals surface area contributed by atoms with Gasteiger partial charge in [0.25, 0.3) is 0 Å². The monoisotopic (exact) mass is 339 g/mol. The summed E-state index contributed by atoms with van der Waals surface area (Å²) >= 11 is 18.3. The van der Waals surface area contributed by atoms with Crippen LogP contribution in [0, 0.1) is 6.92 Å². The summed E-state index contributed by atoms with van der Waals surface area (Å²) in [6.07, 6.45) is 2.20. The van der Waals surface area contributed by atoms with Crippen LogP contribution in [-0.2, 0) is 0 Å². The molecule has 0 bridgehead atoms. The molecule has 0 atom stereocenters. The number of rotatable bonds is 3.